The van der Waals surface area contributed by atoms with Gasteiger partial charge in [-0.3, -0.25) is 4.98 Å². The molecule has 0 radical (unpaired) electrons. The number of ether oxygens (including phenoxy) is 1. The maximum atomic E-state index is 13.4. The molecule has 0 aliphatic heterocycles. The second kappa shape index (κ2) is 9.29. The molecule has 2 aliphatic carbocycles. The van der Waals surface area contributed by atoms with Gasteiger partial charge >= 0.3 is 5.97 Å². The number of hydrogen-bond donors (Lipinski definition) is 0. The molecule has 184 valence electrons. The zero-order chi connectivity index (χ0) is 24.8. The quantitative estimate of drug-likeness (QED) is 0.311. The SMILES string of the molecule is CCOC(=O)c1c(C(C)C)nc2c(c1C1=CCCC1)[C@@H](O[Si](C)(C)C(C)(C)C)CC(C)(C)C2. The lowest BCUT2D eigenvalue weighted by atomic mass is 9.72. The van der Waals surface area contributed by atoms with E-state index in [9.17, 15) is 4.79 Å². The molecule has 4 nitrogen and oxygen atoms in total. The number of hydrogen-bond acceptors (Lipinski definition) is 4. The average Bonchev–Trinajstić information content (AvgIpc) is 3.18. The molecule has 5 heteroatoms. The molecule has 1 heterocycles. The molecule has 1 aromatic heterocycles. The Balaban J connectivity index is 2.33. The third-order valence-electron chi connectivity index (χ3n) is 7.68. The van der Waals surface area contributed by atoms with Crippen LogP contribution in [-0.4, -0.2) is 25.9 Å². The summed E-state index contributed by atoms with van der Waals surface area (Å²) in [5, 5.41) is 0.108. The van der Waals surface area contributed by atoms with Crippen LogP contribution in [0.1, 0.15) is 126 Å². The van der Waals surface area contributed by atoms with E-state index in [0.29, 0.717) is 12.2 Å². The first-order valence-electron chi connectivity index (χ1n) is 12.8. The van der Waals surface area contributed by atoms with Gasteiger partial charge in [0.25, 0.3) is 0 Å². The Kier molecular flexibility index (Phi) is 7.36. The first kappa shape index (κ1) is 26.1. The molecule has 0 aromatic carbocycles. The van der Waals surface area contributed by atoms with Crippen LogP contribution in [0.4, 0.5) is 0 Å². The minimum atomic E-state index is -2.04. The number of rotatable bonds is 6. The van der Waals surface area contributed by atoms with Crippen molar-refractivity contribution in [2.24, 2.45) is 5.41 Å². The molecular formula is C28H45NO3Si. The fourth-order valence-electron chi connectivity index (χ4n) is 4.97. The summed E-state index contributed by atoms with van der Waals surface area (Å²) in [7, 11) is -2.04. The van der Waals surface area contributed by atoms with Crippen LogP contribution in [0, 0.1) is 5.41 Å². The lowest BCUT2D eigenvalue weighted by Crippen LogP contribution is -2.44. The van der Waals surface area contributed by atoms with E-state index in [-0.39, 0.29) is 28.4 Å². The van der Waals surface area contributed by atoms with Crippen LogP contribution >= 0.6 is 0 Å². The van der Waals surface area contributed by atoms with E-state index in [2.05, 4.69) is 67.6 Å². The van der Waals surface area contributed by atoms with Gasteiger partial charge in [-0.25, -0.2) is 4.79 Å². The summed E-state index contributed by atoms with van der Waals surface area (Å²) >= 11 is 0. The second-order valence-corrected chi connectivity index (χ2v) is 17.3. The lowest BCUT2D eigenvalue weighted by molar-refractivity contribution is 0.0522. The summed E-state index contributed by atoms with van der Waals surface area (Å²) < 4.78 is 12.7. The zero-order valence-corrected chi connectivity index (χ0v) is 23.6. The molecule has 33 heavy (non-hydrogen) atoms. The van der Waals surface area contributed by atoms with Gasteiger partial charge in [-0.15, -0.1) is 0 Å². The maximum absolute atomic E-state index is 13.4. The molecular weight excluding hydrogens is 426 g/mol. The molecule has 1 atom stereocenters. The number of carbonyl (C=O) groups is 1. The summed E-state index contributed by atoms with van der Waals surface area (Å²) in [4.78, 5) is 18.6. The Morgan fingerprint density at radius 2 is 1.94 bits per heavy atom. The number of fused-ring (bicyclic) bond motifs is 1. The van der Waals surface area contributed by atoms with Crippen molar-refractivity contribution < 1.29 is 14.0 Å². The Morgan fingerprint density at radius 3 is 2.45 bits per heavy atom. The molecule has 0 bridgehead atoms. The third kappa shape index (κ3) is 5.29. The van der Waals surface area contributed by atoms with Crippen LogP contribution in [0.2, 0.25) is 18.1 Å². The number of nitrogens with zero attached hydrogens (tertiary/aromatic N) is 1. The Morgan fingerprint density at radius 1 is 1.27 bits per heavy atom. The van der Waals surface area contributed by atoms with E-state index in [1.807, 2.05) is 6.92 Å². The van der Waals surface area contributed by atoms with Crippen LogP contribution in [0.3, 0.4) is 0 Å². The van der Waals surface area contributed by atoms with Gasteiger partial charge in [0, 0.05) is 16.8 Å². The normalized spacial score (nSPS) is 20.6. The zero-order valence-electron chi connectivity index (χ0n) is 22.6. The standard InChI is InChI=1S/C28H45NO3Si/c1-11-31-26(30)24-22(19-14-12-13-15-19)23-20(29-25(24)18(2)3)16-28(7,8)17-21(23)32-33(9,10)27(4,5)6/h14,18,21H,11-13,15-17H2,1-10H3/t21-/m0/s1. The number of esters is 1. The van der Waals surface area contributed by atoms with Crippen molar-refractivity contribution >= 4 is 19.9 Å². The van der Waals surface area contributed by atoms with E-state index in [0.717, 1.165) is 49.1 Å². The Bertz CT molecular complexity index is 937. The van der Waals surface area contributed by atoms with Crippen LogP contribution in [0.25, 0.3) is 5.57 Å². The van der Waals surface area contributed by atoms with E-state index in [1.54, 1.807) is 0 Å². The molecule has 0 unspecified atom stereocenters. The first-order chi connectivity index (χ1) is 15.2. The molecule has 3 rings (SSSR count). The van der Waals surface area contributed by atoms with E-state index >= 15 is 0 Å². The van der Waals surface area contributed by atoms with Gasteiger partial charge in [0.05, 0.1) is 24.0 Å². The minimum Gasteiger partial charge on any atom is -0.462 e. The number of allylic oxidation sites excluding steroid dienone is 2. The van der Waals surface area contributed by atoms with Crippen molar-refractivity contribution in [1.82, 2.24) is 4.98 Å². The van der Waals surface area contributed by atoms with Gasteiger partial charge in [-0.05, 0) is 74.1 Å². The van der Waals surface area contributed by atoms with Gasteiger partial charge in [-0.1, -0.05) is 54.5 Å². The molecule has 2 aliphatic rings. The van der Waals surface area contributed by atoms with E-state index in [1.165, 1.54) is 11.1 Å². The summed E-state index contributed by atoms with van der Waals surface area (Å²) in [6.45, 7) is 22.7. The fourth-order valence-corrected chi connectivity index (χ4v) is 6.24. The van der Waals surface area contributed by atoms with E-state index < -0.39 is 8.32 Å². The maximum Gasteiger partial charge on any atom is 0.340 e. The summed E-state index contributed by atoms with van der Waals surface area (Å²) in [5.41, 5.74) is 6.30. The largest absolute Gasteiger partial charge is 0.462 e. The molecule has 0 N–H and O–H groups in total. The highest BCUT2D eigenvalue weighted by Gasteiger charge is 2.45. The Labute approximate surface area is 202 Å². The highest BCUT2D eigenvalue weighted by molar-refractivity contribution is 6.74. The number of aromatic nitrogens is 1. The van der Waals surface area contributed by atoms with Crippen LogP contribution in [0.5, 0.6) is 0 Å². The lowest BCUT2D eigenvalue weighted by Gasteiger charge is -2.45. The molecule has 0 fully saturated rings. The molecule has 0 spiro atoms. The topological polar surface area (TPSA) is 48.4 Å². The van der Waals surface area contributed by atoms with E-state index in [4.69, 9.17) is 14.1 Å². The molecule has 0 amide bonds. The van der Waals surface area contributed by atoms with Gasteiger partial charge in [0.15, 0.2) is 8.32 Å². The smallest absolute Gasteiger partial charge is 0.340 e. The molecule has 1 aromatic rings. The minimum absolute atomic E-state index is 0.0527. The highest BCUT2D eigenvalue weighted by atomic mass is 28.4. The van der Waals surface area contributed by atoms with Crippen molar-refractivity contribution in [1.29, 1.82) is 0 Å². The van der Waals surface area contributed by atoms with Crippen LogP contribution < -0.4 is 0 Å². The average molecular weight is 472 g/mol. The fraction of sp³-hybridized carbons (Fsp3) is 0.714. The van der Waals surface area contributed by atoms with Gasteiger partial charge in [-0.2, -0.15) is 0 Å². The Hall–Kier alpha value is -1.46. The molecule has 0 saturated carbocycles. The van der Waals surface area contributed by atoms with Crippen LogP contribution in [-0.2, 0) is 15.6 Å². The first-order valence-corrected chi connectivity index (χ1v) is 15.7. The van der Waals surface area contributed by atoms with Crippen molar-refractivity contribution in [3.8, 4) is 0 Å². The van der Waals surface area contributed by atoms with Crippen molar-refractivity contribution in [2.45, 2.75) is 118 Å². The molecule has 0 saturated heterocycles. The predicted molar refractivity (Wildman–Crippen MR) is 139 cm³/mol. The summed E-state index contributed by atoms with van der Waals surface area (Å²) in [6.07, 6.45) is 7.31. The van der Waals surface area contributed by atoms with Gasteiger partial charge in [0.1, 0.15) is 0 Å². The number of carbonyl (C=O) groups excluding carboxylic acids is 1. The van der Waals surface area contributed by atoms with Crippen LogP contribution in [0.15, 0.2) is 6.08 Å². The van der Waals surface area contributed by atoms with Crippen molar-refractivity contribution in [3.63, 3.8) is 0 Å². The van der Waals surface area contributed by atoms with Crippen molar-refractivity contribution in [2.75, 3.05) is 6.61 Å². The summed E-state index contributed by atoms with van der Waals surface area (Å²) in [5.74, 6) is -0.101. The third-order valence-corrected chi connectivity index (χ3v) is 12.2. The highest BCUT2D eigenvalue weighted by Crippen LogP contribution is 2.51. The second-order valence-electron chi connectivity index (χ2n) is 12.5. The predicted octanol–water partition coefficient (Wildman–Crippen LogP) is 7.98. The monoisotopic (exact) mass is 471 g/mol. The van der Waals surface area contributed by atoms with Gasteiger partial charge < -0.3 is 9.16 Å². The summed E-state index contributed by atoms with van der Waals surface area (Å²) in [6, 6.07) is 0. The van der Waals surface area contributed by atoms with Crippen molar-refractivity contribution in [3.05, 3.63) is 34.2 Å². The number of pyridine rings is 1. The van der Waals surface area contributed by atoms with Gasteiger partial charge in [0.2, 0.25) is 0 Å².